The highest BCUT2D eigenvalue weighted by Crippen LogP contribution is 2.23. The van der Waals surface area contributed by atoms with E-state index in [-0.39, 0.29) is 24.3 Å². The molecule has 21 heavy (non-hydrogen) atoms. The van der Waals surface area contributed by atoms with Crippen LogP contribution in [0.5, 0.6) is 5.75 Å². The van der Waals surface area contributed by atoms with Crippen LogP contribution < -0.4 is 15.8 Å². The molecule has 0 aromatic heterocycles. The third kappa shape index (κ3) is 6.58. The topological polar surface area (TPSA) is 64.3 Å². The van der Waals surface area contributed by atoms with E-state index in [9.17, 15) is 9.18 Å². The highest BCUT2D eigenvalue weighted by Gasteiger charge is 2.13. The molecule has 5 heteroatoms. The van der Waals surface area contributed by atoms with Gasteiger partial charge >= 0.3 is 0 Å². The highest BCUT2D eigenvalue weighted by molar-refractivity contribution is 5.77. The Balaban J connectivity index is 2.56. The molecule has 3 N–H and O–H groups in total. The fraction of sp³-hybridized carbons (Fsp3) is 0.562. The third-order valence-corrected chi connectivity index (χ3v) is 2.98. The Hall–Kier alpha value is -1.62. The summed E-state index contributed by atoms with van der Waals surface area (Å²) in [6.45, 7) is 6.42. The summed E-state index contributed by atoms with van der Waals surface area (Å²) >= 11 is 0. The molecule has 1 atom stereocenters. The van der Waals surface area contributed by atoms with Crippen LogP contribution in [0.2, 0.25) is 0 Å². The summed E-state index contributed by atoms with van der Waals surface area (Å²) in [7, 11) is 0. The Kier molecular flexibility index (Phi) is 7.15. The highest BCUT2D eigenvalue weighted by atomic mass is 19.1. The maximum absolute atomic E-state index is 13.8. The minimum Gasteiger partial charge on any atom is -0.480 e. The number of nitrogens with one attached hydrogen (secondary N) is 1. The van der Waals surface area contributed by atoms with E-state index in [0.717, 1.165) is 6.42 Å². The molecule has 0 spiro atoms. The number of hydrogen-bond donors (Lipinski definition) is 2. The van der Waals surface area contributed by atoms with Gasteiger partial charge < -0.3 is 15.8 Å². The SMILES string of the molecule is CC(C)CCNC(=O)COc1c(F)cccc1CC(C)N. The van der Waals surface area contributed by atoms with Crippen molar-refractivity contribution in [1.82, 2.24) is 5.32 Å². The van der Waals surface area contributed by atoms with E-state index in [1.54, 1.807) is 12.1 Å². The molecule has 0 saturated heterocycles. The van der Waals surface area contributed by atoms with Gasteiger partial charge in [0, 0.05) is 12.6 Å². The predicted molar refractivity (Wildman–Crippen MR) is 81.7 cm³/mol. The van der Waals surface area contributed by atoms with Gasteiger partial charge in [-0.15, -0.1) is 0 Å². The molecular formula is C16H25FN2O2. The van der Waals surface area contributed by atoms with Crippen LogP contribution in [0.1, 0.15) is 32.8 Å². The second-order valence-electron chi connectivity index (χ2n) is 5.73. The number of halogens is 1. The summed E-state index contributed by atoms with van der Waals surface area (Å²) in [4.78, 5) is 11.7. The standard InChI is InChI=1S/C16H25FN2O2/c1-11(2)7-8-19-15(20)10-21-16-13(9-12(3)18)5-4-6-14(16)17/h4-6,11-12H,7-10,18H2,1-3H3,(H,19,20). The first-order valence-electron chi connectivity index (χ1n) is 7.32. The van der Waals surface area contributed by atoms with Gasteiger partial charge in [0.05, 0.1) is 0 Å². The Labute approximate surface area is 125 Å². The fourth-order valence-corrected chi connectivity index (χ4v) is 1.91. The molecule has 1 aromatic carbocycles. The minimum absolute atomic E-state index is 0.103. The zero-order chi connectivity index (χ0) is 15.8. The number of ether oxygens (including phenoxy) is 1. The zero-order valence-electron chi connectivity index (χ0n) is 13.0. The smallest absolute Gasteiger partial charge is 0.257 e. The first-order chi connectivity index (χ1) is 9.90. The lowest BCUT2D eigenvalue weighted by Gasteiger charge is -2.14. The van der Waals surface area contributed by atoms with Crippen molar-refractivity contribution in [1.29, 1.82) is 0 Å². The number of benzene rings is 1. The lowest BCUT2D eigenvalue weighted by Crippen LogP contribution is -2.30. The monoisotopic (exact) mass is 296 g/mol. The van der Waals surface area contributed by atoms with E-state index in [1.807, 2.05) is 6.92 Å². The Bertz CT molecular complexity index is 462. The number of hydrogen-bond acceptors (Lipinski definition) is 3. The molecule has 0 fully saturated rings. The second kappa shape index (κ2) is 8.62. The van der Waals surface area contributed by atoms with E-state index >= 15 is 0 Å². The van der Waals surface area contributed by atoms with Crippen LogP contribution in [-0.2, 0) is 11.2 Å². The number of carbonyl (C=O) groups is 1. The number of rotatable bonds is 8. The summed E-state index contributed by atoms with van der Waals surface area (Å²) in [5, 5.41) is 2.75. The predicted octanol–water partition coefficient (Wildman–Crippen LogP) is 2.26. The summed E-state index contributed by atoms with van der Waals surface area (Å²) < 4.78 is 19.2. The van der Waals surface area contributed by atoms with E-state index in [1.165, 1.54) is 6.07 Å². The molecule has 0 heterocycles. The van der Waals surface area contributed by atoms with Crippen molar-refractivity contribution in [3.63, 3.8) is 0 Å². The van der Waals surface area contributed by atoms with Gasteiger partial charge in [-0.3, -0.25) is 4.79 Å². The normalized spacial score (nSPS) is 12.3. The summed E-state index contributed by atoms with van der Waals surface area (Å²) in [6, 6.07) is 4.59. The molecular weight excluding hydrogens is 271 g/mol. The van der Waals surface area contributed by atoms with Gasteiger partial charge in [-0.05, 0) is 37.3 Å². The van der Waals surface area contributed by atoms with Gasteiger partial charge in [-0.25, -0.2) is 4.39 Å². The summed E-state index contributed by atoms with van der Waals surface area (Å²) in [6.07, 6.45) is 1.41. The van der Waals surface area contributed by atoms with E-state index in [0.29, 0.717) is 24.4 Å². The first-order valence-corrected chi connectivity index (χ1v) is 7.32. The average molecular weight is 296 g/mol. The van der Waals surface area contributed by atoms with Crippen LogP contribution in [0.3, 0.4) is 0 Å². The molecule has 1 rings (SSSR count). The molecule has 0 aliphatic carbocycles. The van der Waals surface area contributed by atoms with E-state index in [4.69, 9.17) is 10.5 Å². The molecule has 1 unspecified atom stereocenters. The van der Waals surface area contributed by atoms with Gasteiger partial charge in [-0.2, -0.15) is 0 Å². The zero-order valence-corrected chi connectivity index (χ0v) is 13.0. The molecule has 118 valence electrons. The number of amides is 1. The van der Waals surface area contributed by atoms with Crippen molar-refractivity contribution in [2.24, 2.45) is 11.7 Å². The Morgan fingerprint density at radius 1 is 1.38 bits per heavy atom. The minimum atomic E-state index is -0.469. The van der Waals surface area contributed by atoms with Crippen molar-refractivity contribution >= 4 is 5.91 Å². The van der Waals surface area contributed by atoms with Crippen molar-refractivity contribution in [2.75, 3.05) is 13.2 Å². The Morgan fingerprint density at radius 3 is 2.71 bits per heavy atom. The lowest BCUT2D eigenvalue weighted by atomic mass is 10.1. The molecule has 1 amide bonds. The van der Waals surface area contributed by atoms with Crippen LogP contribution >= 0.6 is 0 Å². The molecule has 0 aliphatic heterocycles. The molecule has 4 nitrogen and oxygen atoms in total. The van der Waals surface area contributed by atoms with E-state index < -0.39 is 5.82 Å². The van der Waals surface area contributed by atoms with Gasteiger partial charge in [0.1, 0.15) is 0 Å². The van der Waals surface area contributed by atoms with Gasteiger partial charge in [0.25, 0.3) is 5.91 Å². The third-order valence-electron chi connectivity index (χ3n) is 2.98. The summed E-state index contributed by atoms with van der Waals surface area (Å²) in [5.74, 6) is -0.0713. The van der Waals surface area contributed by atoms with E-state index in [2.05, 4.69) is 19.2 Å². The van der Waals surface area contributed by atoms with Crippen molar-refractivity contribution < 1.29 is 13.9 Å². The molecule has 0 radical (unpaired) electrons. The Morgan fingerprint density at radius 2 is 2.10 bits per heavy atom. The van der Waals surface area contributed by atoms with Crippen LogP contribution in [0.25, 0.3) is 0 Å². The van der Waals surface area contributed by atoms with Crippen LogP contribution in [-0.4, -0.2) is 25.1 Å². The van der Waals surface area contributed by atoms with Gasteiger partial charge in [0.2, 0.25) is 0 Å². The molecule has 1 aromatic rings. The maximum atomic E-state index is 13.8. The quantitative estimate of drug-likeness (QED) is 0.773. The average Bonchev–Trinajstić information content (AvgIpc) is 2.37. The van der Waals surface area contributed by atoms with Crippen molar-refractivity contribution in [2.45, 2.75) is 39.7 Å². The van der Waals surface area contributed by atoms with Crippen LogP contribution in [0, 0.1) is 11.7 Å². The number of nitrogens with two attached hydrogens (primary N) is 1. The van der Waals surface area contributed by atoms with Gasteiger partial charge in [-0.1, -0.05) is 26.0 Å². The van der Waals surface area contributed by atoms with Crippen molar-refractivity contribution in [3.05, 3.63) is 29.6 Å². The van der Waals surface area contributed by atoms with Crippen molar-refractivity contribution in [3.8, 4) is 5.75 Å². The fourth-order valence-electron chi connectivity index (χ4n) is 1.91. The number of carbonyl (C=O) groups excluding carboxylic acids is 1. The lowest BCUT2D eigenvalue weighted by molar-refractivity contribution is -0.123. The van der Waals surface area contributed by atoms with Gasteiger partial charge in [0.15, 0.2) is 18.2 Å². The first kappa shape index (κ1) is 17.4. The molecule has 0 aliphatic rings. The number of para-hydroxylation sites is 1. The summed E-state index contributed by atoms with van der Waals surface area (Å²) in [5.41, 5.74) is 6.42. The van der Waals surface area contributed by atoms with Crippen LogP contribution in [0.15, 0.2) is 18.2 Å². The largest absolute Gasteiger partial charge is 0.480 e. The molecule has 0 saturated carbocycles. The maximum Gasteiger partial charge on any atom is 0.257 e. The van der Waals surface area contributed by atoms with Crippen LogP contribution in [0.4, 0.5) is 4.39 Å². The second-order valence-corrected chi connectivity index (χ2v) is 5.73. The molecule has 0 bridgehead atoms.